The number of nitrogens with one attached hydrogen (secondary N) is 1. The first-order chi connectivity index (χ1) is 12.9. The number of carbonyl (C=O) groups is 1. The Balaban J connectivity index is 1.54. The zero-order valence-corrected chi connectivity index (χ0v) is 17.0. The number of ether oxygens (including phenoxy) is 1. The van der Waals surface area contributed by atoms with Crippen molar-refractivity contribution in [2.75, 3.05) is 13.2 Å². The van der Waals surface area contributed by atoms with Gasteiger partial charge in [0.05, 0.1) is 17.2 Å². The van der Waals surface area contributed by atoms with Crippen molar-refractivity contribution in [3.8, 4) is 17.0 Å². The van der Waals surface area contributed by atoms with E-state index in [0.29, 0.717) is 19.7 Å². The largest absolute Gasteiger partial charge is 0.492 e. The van der Waals surface area contributed by atoms with E-state index in [2.05, 4.69) is 21.7 Å². The fourth-order valence-electron chi connectivity index (χ4n) is 3.05. The van der Waals surface area contributed by atoms with Crippen LogP contribution in [0.15, 0.2) is 35.7 Å². The van der Waals surface area contributed by atoms with E-state index in [1.165, 1.54) is 0 Å². The highest BCUT2D eigenvalue weighted by molar-refractivity contribution is 7.09. The molecule has 2 heterocycles. The molecule has 0 saturated heterocycles. The molecule has 1 aromatic carbocycles. The van der Waals surface area contributed by atoms with Crippen LogP contribution in [0.5, 0.6) is 5.75 Å². The van der Waals surface area contributed by atoms with Gasteiger partial charge in [-0.1, -0.05) is 12.1 Å². The minimum absolute atomic E-state index is 0.0225. The fourth-order valence-corrected chi connectivity index (χ4v) is 3.67. The summed E-state index contributed by atoms with van der Waals surface area (Å²) in [5.41, 5.74) is 5.33. The van der Waals surface area contributed by atoms with E-state index in [1.54, 1.807) is 11.3 Å². The molecule has 0 aliphatic carbocycles. The summed E-state index contributed by atoms with van der Waals surface area (Å²) in [4.78, 5) is 16.9. The third-order valence-electron chi connectivity index (χ3n) is 4.45. The molecular weight excluding hydrogens is 358 g/mol. The van der Waals surface area contributed by atoms with Crippen LogP contribution < -0.4 is 10.1 Å². The van der Waals surface area contributed by atoms with E-state index in [9.17, 15) is 4.79 Å². The van der Waals surface area contributed by atoms with Crippen LogP contribution in [-0.2, 0) is 11.3 Å². The van der Waals surface area contributed by atoms with Gasteiger partial charge in [-0.3, -0.25) is 4.79 Å². The Morgan fingerprint density at radius 2 is 2.04 bits per heavy atom. The Kier molecular flexibility index (Phi) is 5.96. The van der Waals surface area contributed by atoms with Gasteiger partial charge in [-0.05, 0) is 51.5 Å². The number of benzene rings is 1. The molecule has 0 atom stereocenters. The standard InChI is InChI=1S/C21H25N3O2S/c1-14-6-5-7-18(10-14)26-9-8-22-21(25)12-24-15(2)11-19(16(24)3)20-13-27-17(4)23-20/h5-7,10-11,13H,8-9,12H2,1-4H3,(H,22,25). The summed E-state index contributed by atoms with van der Waals surface area (Å²) in [7, 11) is 0. The first kappa shape index (κ1) is 19.2. The Hall–Kier alpha value is -2.60. The zero-order valence-electron chi connectivity index (χ0n) is 16.2. The highest BCUT2D eigenvalue weighted by Gasteiger charge is 2.15. The second-order valence-electron chi connectivity index (χ2n) is 6.64. The quantitative estimate of drug-likeness (QED) is 0.627. The Labute approximate surface area is 164 Å². The van der Waals surface area contributed by atoms with Gasteiger partial charge in [0.25, 0.3) is 0 Å². The summed E-state index contributed by atoms with van der Waals surface area (Å²) in [5.74, 6) is 0.801. The van der Waals surface area contributed by atoms with Crippen molar-refractivity contribution in [3.63, 3.8) is 0 Å². The highest BCUT2D eigenvalue weighted by atomic mass is 32.1. The third-order valence-corrected chi connectivity index (χ3v) is 5.23. The van der Waals surface area contributed by atoms with Gasteiger partial charge in [-0.15, -0.1) is 11.3 Å². The van der Waals surface area contributed by atoms with Crippen molar-refractivity contribution in [2.24, 2.45) is 0 Å². The predicted octanol–water partition coefficient (Wildman–Crippen LogP) is 4.04. The Bertz CT molecular complexity index is 943. The molecule has 0 aliphatic heterocycles. The number of rotatable bonds is 7. The number of aryl methyl sites for hydroxylation is 3. The van der Waals surface area contributed by atoms with E-state index in [4.69, 9.17) is 4.74 Å². The molecule has 6 heteroatoms. The molecule has 0 saturated carbocycles. The maximum atomic E-state index is 12.3. The van der Waals surface area contributed by atoms with E-state index in [0.717, 1.165) is 39.0 Å². The highest BCUT2D eigenvalue weighted by Crippen LogP contribution is 2.27. The maximum absolute atomic E-state index is 12.3. The first-order valence-electron chi connectivity index (χ1n) is 8.99. The third kappa shape index (κ3) is 4.77. The second-order valence-corrected chi connectivity index (χ2v) is 7.70. The average molecular weight is 384 g/mol. The van der Waals surface area contributed by atoms with Crippen molar-refractivity contribution in [1.29, 1.82) is 0 Å². The van der Waals surface area contributed by atoms with Gasteiger partial charge >= 0.3 is 0 Å². The monoisotopic (exact) mass is 383 g/mol. The van der Waals surface area contributed by atoms with E-state index < -0.39 is 0 Å². The molecule has 3 rings (SSSR count). The summed E-state index contributed by atoms with van der Waals surface area (Å²) >= 11 is 1.64. The van der Waals surface area contributed by atoms with Crippen LogP contribution in [0.25, 0.3) is 11.3 Å². The molecule has 142 valence electrons. The molecule has 0 radical (unpaired) electrons. The van der Waals surface area contributed by atoms with Gasteiger partial charge in [0.15, 0.2) is 0 Å². The number of thiazole rings is 1. The van der Waals surface area contributed by atoms with E-state index in [-0.39, 0.29) is 5.91 Å². The van der Waals surface area contributed by atoms with Crippen molar-refractivity contribution in [3.05, 3.63) is 57.7 Å². The Morgan fingerprint density at radius 1 is 1.22 bits per heavy atom. The van der Waals surface area contributed by atoms with Gasteiger partial charge in [0, 0.05) is 22.3 Å². The van der Waals surface area contributed by atoms with Crippen molar-refractivity contribution < 1.29 is 9.53 Å². The molecule has 1 amide bonds. The maximum Gasteiger partial charge on any atom is 0.240 e. The normalized spacial score (nSPS) is 10.8. The van der Waals surface area contributed by atoms with Crippen LogP contribution in [0, 0.1) is 27.7 Å². The van der Waals surface area contributed by atoms with Crippen molar-refractivity contribution >= 4 is 17.2 Å². The topological polar surface area (TPSA) is 56.1 Å². The number of amides is 1. The van der Waals surface area contributed by atoms with E-state index in [1.807, 2.05) is 56.5 Å². The smallest absolute Gasteiger partial charge is 0.240 e. The Morgan fingerprint density at radius 3 is 2.74 bits per heavy atom. The lowest BCUT2D eigenvalue weighted by Gasteiger charge is -2.11. The molecular formula is C21H25N3O2S. The lowest BCUT2D eigenvalue weighted by Crippen LogP contribution is -2.31. The molecule has 3 aromatic rings. The van der Waals surface area contributed by atoms with Crippen LogP contribution in [-0.4, -0.2) is 28.6 Å². The SMILES string of the molecule is Cc1cccc(OCCNC(=O)Cn2c(C)cc(-c3csc(C)n3)c2C)c1. The number of carbonyl (C=O) groups excluding carboxylic acids is 1. The zero-order chi connectivity index (χ0) is 19.4. The first-order valence-corrected chi connectivity index (χ1v) is 9.87. The van der Waals surface area contributed by atoms with Crippen LogP contribution in [0.1, 0.15) is 22.0 Å². The van der Waals surface area contributed by atoms with Gasteiger partial charge in [0.1, 0.15) is 18.9 Å². The average Bonchev–Trinajstić information content (AvgIpc) is 3.17. The van der Waals surface area contributed by atoms with E-state index >= 15 is 0 Å². The lowest BCUT2D eigenvalue weighted by atomic mass is 10.2. The fraction of sp³-hybridized carbons (Fsp3) is 0.333. The number of hydrogen-bond donors (Lipinski definition) is 1. The minimum atomic E-state index is -0.0225. The molecule has 0 aliphatic rings. The molecule has 0 bridgehead atoms. The number of hydrogen-bond acceptors (Lipinski definition) is 4. The second kappa shape index (κ2) is 8.39. The van der Waals surface area contributed by atoms with Crippen molar-refractivity contribution in [1.82, 2.24) is 14.9 Å². The molecule has 5 nitrogen and oxygen atoms in total. The van der Waals surface area contributed by atoms with Crippen LogP contribution in [0.3, 0.4) is 0 Å². The lowest BCUT2D eigenvalue weighted by molar-refractivity contribution is -0.121. The summed E-state index contributed by atoms with van der Waals surface area (Å²) in [6, 6.07) is 9.98. The summed E-state index contributed by atoms with van der Waals surface area (Å²) in [6.07, 6.45) is 0. The molecule has 1 N–H and O–H groups in total. The molecule has 0 fully saturated rings. The van der Waals surface area contributed by atoms with Gasteiger partial charge in [-0.25, -0.2) is 4.98 Å². The summed E-state index contributed by atoms with van der Waals surface area (Å²) < 4.78 is 7.70. The molecule has 27 heavy (non-hydrogen) atoms. The molecule has 2 aromatic heterocycles. The van der Waals surface area contributed by atoms with Crippen LogP contribution in [0.2, 0.25) is 0 Å². The molecule has 0 spiro atoms. The van der Waals surface area contributed by atoms with Gasteiger partial charge in [0.2, 0.25) is 5.91 Å². The van der Waals surface area contributed by atoms with Crippen LogP contribution in [0.4, 0.5) is 0 Å². The summed E-state index contributed by atoms with van der Waals surface area (Å²) in [5, 5.41) is 6.03. The van der Waals surface area contributed by atoms with Crippen LogP contribution >= 0.6 is 11.3 Å². The van der Waals surface area contributed by atoms with Gasteiger partial charge < -0.3 is 14.6 Å². The summed E-state index contributed by atoms with van der Waals surface area (Å²) in [6.45, 7) is 9.30. The number of aromatic nitrogens is 2. The number of nitrogens with zero attached hydrogens (tertiary/aromatic N) is 2. The van der Waals surface area contributed by atoms with Gasteiger partial charge in [-0.2, -0.15) is 0 Å². The minimum Gasteiger partial charge on any atom is -0.492 e. The molecule has 0 unspecified atom stereocenters. The predicted molar refractivity (Wildman–Crippen MR) is 109 cm³/mol. The van der Waals surface area contributed by atoms with Crippen molar-refractivity contribution in [2.45, 2.75) is 34.2 Å².